The molecule has 33 heteroatoms. The van der Waals surface area contributed by atoms with Crippen molar-refractivity contribution in [2.75, 3.05) is 19.7 Å². The van der Waals surface area contributed by atoms with E-state index >= 15 is 4.79 Å². The van der Waals surface area contributed by atoms with Gasteiger partial charge >= 0.3 is 5.97 Å². The second-order valence-corrected chi connectivity index (χ2v) is 25.2. The third kappa shape index (κ3) is 25.5. The van der Waals surface area contributed by atoms with Gasteiger partial charge in [-0.1, -0.05) is 120 Å². The topological polar surface area (TPSA) is 532 Å². The highest BCUT2D eigenvalue weighted by molar-refractivity contribution is 9.10. The number of guanidine groups is 1. The summed E-state index contributed by atoms with van der Waals surface area (Å²) in [6.45, 7) is 11.7. The molecule has 1 aliphatic heterocycles. The number of nitrogens with two attached hydrogens (primary N) is 4. The van der Waals surface area contributed by atoms with E-state index in [9.17, 15) is 73.2 Å². The molecule has 0 aliphatic carbocycles. The van der Waals surface area contributed by atoms with Crippen molar-refractivity contribution in [1.82, 2.24) is 53.2 Å². The van der Waals surface area contributed by atoms with Gasteiger partial charge in [0.2, 0.25) is 65.0 Å². The SMILES string of the molecule is CC[C@H](C)C1NC(=O)[C@@H](CCCN=C(N)N)NC(=O)[C@H](CC(C)C)NC(=O)[C@H]([C@H](O)C(C)C)NC(=O)[C@@H](NC(=O)[C@H](CC(C)C)NC(=O)[C@H](N)Cc2cccc(Br)c2)[C@@H](c2ccccc2)OC(=O)[C@H](CO)NC(=O)[C@H]([C@H](O)C(N)=O)NC(=O)CNC(=O)C([C@H](C)O)NC1=O. The maximum atomic E-state index is 15.4. The van der Waals surface area contributed by atoms with Crippen molar-refractivity contribution >= 4 is 92.8 Å². The maximum Gasteiger partial charge on any atom is 0.331 e. The van der Waals surface area contributed by atoms with Crippen molar-refractivity contribution in [2.45, 2.75) is 186 Å². The van der Waals surface area contributed by atoms with Crippen LogP contribution in [0.2, 0.25) is 0 Å². The van der Waals surface area contributed by atoms with E-state index < -0.39 is 187 Å². The summed E-state index contributed by atoms with van der Waals surface area (Å²) >= 11 is 3.39. The molecule has 11 amide bonds. The number of esters is 1. The number of amides is 11. The molecule has 0 bridgehead atoms. The number of aliphatic imine (C=N–C) groups is 1. The van der Waals surface area contributed by atoms with E-state index in [1.165, 1.54) is 44.2 Å². The quantitative estimate of drug-likeness (QED) is 0.0216. The van der Waals surface area contributed by atoms with Crippen molar-refractivity contribution in [3.63, 3.8) is 0 Å². The van der Waals surface area contributed by atoms with E-state index in [1.807, 2.05) is 10.6 Å². The van der Waals surface area contributed by atoms with Gasteiger partial charge in [0.1, 0.15) is 48.3 Å². The zero-order chi connectivity index (χ0) is 70.8. The highest BCUT2D eigenvalue weighted by Gasteiger charge is 2.44. The summed E-state index contributed by atoms with van der Waals surface area (Å²) < 4.78 is 6.65. The van der Waals surface area contributed by atoms with E-state index in [0.29, 0.717) is 10.0 Å². The minimum atomic E-state index is -2.58. The Labute approximate surface area is 553 Å². The van der Waals surface area contributed by atoms with Gasteiger partial charge in [0.25, 0.3) is 0 Å². The number of primary amides is 1. The van der Waals surface area contributed by atoms with Gasteiger partial charge in [-0.15, -0.1) is 0 Å². The van der Waals surface area contributed by atoms with Gasteiger partial charge in [-0.2, -0.15) is 0 Å². The summed E-state index contributed by atoms with van der Waals surface area (Å²) in [6.07, 6.45) is -8.34. The Bertz CT molecular complexity index is 2970. The molecule has 1 saturated heterocycles. The van der Waals surface area contributed by atoms with Crippen LogP contribution in [-0.2, 0) is 68.7 Å². The Balaban J connectivity index is 2.41. The van der Waals surface area contributed by atoms with Crippen LogP contribution in [0.25, 0.3) is 0 Å². The number of cyclic esters (lactones) is 1. The van der Waals surface area contributed by atoms with Crippen LogP contribution in [0.5, 0.6) is 0 Å². The van der Waals surface area contributed by atoms with E-state index in [2.05, 4.69) is 63.5 Å². The average molecular weight is 1390 g/mol. The van der Waals surface area contributed by atoms with Crippen LogP contribution < -0.4 is 76.1 Å². The number of ether oxygens (including phenoxy) is 1. The predicted molar refractivity (Wildman–Crippen MR) is 345 cm³/mol. The second-order valence-electron chi connectivity index (χ2n) is 24.3. The lowest BCUT2D eigenvalue weighted by atomic mass is 9.95. The Morgan fingerprint density at radius 3 is 1.83 bits per heavy atom. The maximum absolute atomic E-state index is 15.4. The molecule has 32 nitrogen and oxygen atoms in total. The third-order valence-corrected chi connectivity index (χ3v) is 15.6. The van der Waals surface area contributed by atoms with Gasteiger partial charge in [-0.3, -0.25) is 57.7 Å². The molecule has 0 spiro atoms. The fraction of sp³-hybridized carbons (Fsp3) is 0.590. The molecular formula is C61H94BrN15O17. The number of carbonyl (C=O) groups excluding carboxylic acids is 12. The molecule has 2 unspecified atom stereocenters. The number of nitrogens with one attached hydrogen (secondary N) is 10. The minimum absolute atomic E-state index is 0.00968. The largest absolute Gasteiger partial charge is 0.453 e. The van der Waals surface area contributed by atoms with Gasteiger partial charge in [0.15, 0.2) is 24.2 Å². The number of nitrogens with zero attached hydrogens (tertiary/aromatic N) is 1. The predicted octanol–water partition coefficient (Wildman–Crippen LogP) is -4.48. The highest BCUT2D eigenvalue weighted by atomic mass is 79.9. The summed E-state index contributed by atoms with van der Waals surface area (Å²) in [4.78, 5) is 175. The van der Waals surface area contributed by atoms with Crippen molar-refractivity contribution in [3.8, 4) is 0 Å². The number of benzene rings is 2. The number of hydrogen-bond acceptors (Lipinski definition) is 19. The van der Waals surface area contributed by atoms with Crippen LogP contribution in [0, 0.1) is 23.7 Å². The van der Waals surface area contributed by atoms with Gasteiger partial charge < -0.3 is 101 Å². The van der Waals surface area contributed by atoms with Gasteiger partial charge in [0.05, 0.1) is 31.4 Å². The van der Waals surface area contributed by atoms with Crippen LogP contribution in [0.4, 0.5) is 0 Å². The number of hydrogen-bond donors (Lipinski definition) is 18. The molecule has 0 radical (unpaired) electrons. The number of halogens is 1. The van der Waals surface area contributed by atoms with Crippen LogP contribution in [0.15, 0.2) is 64.1 Å². The standard InChI is InChI=1S/C61H94BrN15O17/c1-10-31(8)42-56(89)75-43(32(9)79)55(88)68-26-41(80)73-45(48(82)50(64)83)58(91)72-40(27-78)60(93)94-49(34-17-12-11-13-18-34)46(77-54(87)39(23-29(4)5)70-51(84)36(63)25-33-16-14-19-35(62)24-33)59(92)76-44(47(81)30(6)7)57(90)71-38(22-28(2)3)53(86)69-37(52(85)74-42)20-15-21-67-61(65)66/h11-14,16-19,24,28-32,36-40,42-49,78-79,81-82H,10,15,20-23,25-27,63H2,1-9H3,(H2,64,83)(H,68,88)(H,69,86)(H,70,84)(H,71,90)(H,72,91)(H,73,80)(H,74,85)(H,75,89)(H,76,92)(H,77,87)(H4,65,66,67)/t31-,32-,36+,37+,38-,39-,40-,42?,43?,44-,45-,46-,47+,48-,49+/m0/s1. The smallest absolute Gasteiger partial charge is 0.331 e. The lowest BCUT2D eigenvalue weighted by Gasteiger charge is -2.33. The van der Waals surface area contributed by atoms with E-state index in [-0.39, 0.29) is 62.5 Å². The lowest BCUT2D eigenvalue weighted by Crippen LogP contribution is -2.64. The number of aliphatic hydroxyl groups is 4. The molecule has 94 heavy (non-hydrogen) atoms. The zero-order valence-corrected chi connectivity index (χ0v) is 55.8. The summed E-state index contributed by atoms with van der Waals surface area (Å²) in [7, 11) is 0. The highest BCUT2D eigenvalue weighted by Crippen LogP contribution is 2.25. The molecule has 15 atom stereocenters. The van der Waals surface area contributed by atoms with Crippen LogP contribution in [0.1, 0.15) is 112 Å². The van der Waals surface area contributed by atoms with Gasteiger partial charge in [-0.25, -0.2) is 4.79 Å². The molecule has 522 valence electrons. The fourth-order valence-electron chi connectivity index (χ4n) is 9.65. The number of rotatable bonds is 23. The Morgan fingerprint density at radius 1 is 0.681 bits per heavy atom. The Morgan fingerprint density at radius 2 is 1.27 bits per heavy atom. The monoisotopic (exact) mass is 1390 g/mol. The summed E-state index contributed by atoms with van der Waals surface area (Å²) in [5, 5.41) is 68.3. The molecule has 0 aromatic heterocycles. The molecule has 22 N–H and O–H groups in total. The molecule has 1 aliphatic rings. The molecule has 1 fully saturated rings. The normalized spacial score (nSPS) is 24.1. The molecule has 2 aromatic rings. The zero-order valence-electron chi connectivity index (χ0n) is 54.2. The van der Waals surface area contributed by atoms with Crippen LogP contribution >= 0.6 is 15.9 Å². The minimum Gasteiger partial charge on any atom is -0.453 e. The molecule has 0 saturated carbocycles. The van der Waals surface area contributed by atoms with Gasteiger partial charge in [0, 0.05) is 11.0 Å². The van der Waals surface area contributed by atoms with Crippen molar-refractivity contribution in [3.05, 3.63) is 70.2 Å². The van der Waals surface area contributed by atoms with Crippen molar-refractivity contribution in [1.29, 1.82) is 0 Å². The molecule has 3 rings (SSSR count). The average Bonchev–Trinajstić information content (AvgIpc) is 0.831. The fourth-order valence-corrected chi connectivity index (χ4v) is 10.1. The summed E-state index contributed by atoms with van der Waals surface area (Å²) in [5.74, 6) is -17.4. The molecule has 1 heterocycles. The summed E-state index contributed by atoms with van der Waals surface area (Å²) in [6, 6.07) is -4.08. The van der Waals surface area contributed by atoms with E-state index in [0.717, 1.165) is 6.92 Å². The van der Waals surface area contributed by atoms with Crippen molar-refractivity contribution < 1.29 is 82.7 Å². The number of aliphatic hydroxyl groups excluding tert-OH is 4. The summed E-state index contributed by atoms with van der Waals surface area (Å²) in [5.41, 5.74) is 23.4. The van der Waals surface area contributed by atoms with Crippen molar-refractivity contribution in [2.24, 2.45) is 51.6 Å². The Kier molecular flexibility index (Phi) is 32.9. The van der Waals surface area contributed by atoms with Crippen LogP contribution in [-0.4, -0.2) is 196 Å². The van der Waals surface area contributed by atoms with E-state index in [4.69, 9.17) is 27.7 Å². The first-order valence-corrected chi connectivity index (χ1v) is 31.6. The molecule has 2 aromatic carbocycles. The lowest BCUT2D eigenvalue weighted by molar-refractivity contribution is -0.159. The third-order valence-electron chi connectivity index (χ3n) is 15.1. The van der Waals surface area contributed by atoms with E-state index in [1.54, 1.807) is 65.8 Å². The first kappa shape index (κ1) is 79.9. The first-order chi connectivity index (χ1) is 44.1. The second kappa shape index (κ2) is 38.7. The molecular weight excluding hydrogens is 1290 g/mol. The first-order valence-electron chi connectivity index (χ1n) is 30.9. The Hall–Kier alpha value is -8.37. The van der Waals surface area contributed by atoms with Gasteiger partial charge in [-0.05, 0) is 86.0 Å². The van der Waals surface area contributed by atoms with Crippen LogP contribution in [0.3, 0.4) is 0 Å². The number of carbonyl (C=O) groups is 12.